The van der Waals surface area contributed by atoms with Crippen molar-refractivity contribution in [2.45, 2.75) is 25.6 Å². The average Bonchev–Trinajstić information content (AvgIpc) is 2.54. The van der Waals surface area contributed by atoms with Crippen LogP contribution in [-0.4, -0.2) is 23.7 Å². The molecule has 0 radical (unpaired) electrons. The predicted octanol–water partition coefficient (Wildman–Crippen LogP) is 2.83. The van der Waals surface area contributed by atoms with E-state index in [0.29, 0.717) is 12.1 Å². The lowest BCUT2D eigenvalue weighted by atomic mass is 10.1. The molecule has 0 saturated carbocycles. The minimum atomic E-state index is -1.03. The SMILES string of the molecule is CC(CNC(=O)CC(O)c1cccc(F)c1)Oc1ccccc1. The number of para-hydroxylation sites is 1. The van der Waals surface area contributed by atoms with E-state index in [0.717, 1.165) is 5.75 Å². The Morgan fingerprint density at radius 3 is 2.65 bits per heavy atom. The molecule has 0 aliphatic carbocycles. The highest BCUT2D eigenvalue weighted by atomic mass is 19.1. The van der Waals surface area contributed by atoms with Gasteiger partial charge in [-0.2, -0.15) is 0 Å². The number of nitrogens with one attached hydrogen (secondary N) is 1. The number of hydrogen-bond acceptors (Lipinski definition) is 3. The van der Waals surface area contributed by atoms with Gasteiger partial charge in [0.25, 0.3) is 0 Å². The Hall–Kier alpha value is -2.40. The summed E-state index contributed by atoms with van der Waals surface area (Å²) in [5, 5.41) is 12.7. The van der Waals surface area contributed by atoms with Crippen molar-refractivity contribution in [2.24, 2.45) is 0 Å². The van der Waals surface area contributed by atoms with Gasteiger partial charge in [0.15, 0.2) is 0 Å². The lowest BCUT2D eigenvalue weighted by Crippen LogP contribution is -2.34. The molecule has 0 bridgehead atoms. The molecule has 0 fully saturated rings. The van der Waals surface area contributed by atoms with Gasteiger partial charge in [-0.25, -0.2) is 4.39 Å². The van der Waals surface area contributed by atoms with E-state index in [2.05, 4.69) is 5.32 Å². The molecule has 0 aliphatic rings. The summed E-state index contributed by atoms with van der Waals surface area (Å²) >= 11 is 0. The van der Waals surface area contributed by atoms with Crippen LogP contribution in [-0.2, 0) is 4.79 Å². The smallest absolute Gasteiger partial charge is 0.223 e. The van der Waals surface area contributed by atoms with Gasteiger partial charge < -0.3 is 15.2 Å². The number of ether oxygens (including phenoxy) is 1. The number of rotatable bonds is 7. The van der Waals surface area contributed by atoms with E-state index in [-0.39, 0.29) is 18.4 Å². The number of benzene rings is 2. The molecule has 2 aromatic carbocycles. The molecule has 2 N–H and O–H groups in total. The minimum Gasteiger partial charge on any atom is -0.489 e. The maximum atomic E-state index is 13.1. The Morgan fingerprint density at radius 2 is 1.96 bits per heavy atom. The second kappa shape index (κ2) is 8.29. The van der Waals surface area contributed by atoms with E-state index in [1.165, 1.54) is 18.2 Å². The molecular weight excluding hydrogens is 297 g/mol. The number of halogens is 1. The van der Waals surface area contributed by atoms with Crippen molar-refractivity contribution in [3.8, 4) is 5.75 Å². The predicted molar refractivity (Wildman–Crippen MR) is 85.5 cm³/mol. The molecule has 2 aromatic rings. The van der Waals surface area contributed by atoms with Crippen molar-refractivity contribution in [1.29, 1.82) is 0 Å². The monoisotopic (exact) mass is 317 g/mol. The quantitative estimate of drug-likeness (QED) is 0.825. The van der Waals surface area contributed by atoms with Crippen LogP contribution in [0, 0.1) is 5.82 Å². The fourth-order valence-corrected chi connectivity index (χ4v) is 2.11. The number of carbonyl (C=O) groups is 1. The standard InChI is InChI=1S/C18H20FNO3/c1-13(23-16-8-3-2-4-9-16)12-20-18(22)11-17(21)14-6-5-7-15(19)10-14/h2-10,13,17,21H,11-12H2,1H3,(H,20,22). The van der Waals surface area contributed by atoms with E-state index in [9.17, 15) is 14.3 Å². The van der Waals surface area contributed by atoms with Crippen LogP contribution >= 0.6 is 0 Å². The Kier molecular flexibility index (Phi) is 6.11. The first-order valence-corrected chi connectivity index (χ1v) is 7.46. The maximum absolute atomic E-state index is 13.1. The Bertz CT molecular complexity index is 633. The molecule has 0 aromatic heterocycles. The van der Waals surface area contributed by atoms with Crippen molar-refractivity contribution in [1.82, 2.24) is 5.32 Å². The zero-order valence-corrected chi connectivity index (χ0v) is 12.9. The normalized spacial score (nSPS) is 13.2. The highest BCUT2D eigenvalue weighted by Crippen LogP contribution is 2.17. The Morgan fingerprint density at radius 1 is 1.22 bits per heavy atom. The number of aliphatic hydroxyl groups is 1. The van der Waals surface area contributed by atoms with Gasteiger partial charge in [-0.05, 0) is 36.8 Å². The Balaban J connectivity index is 1.76. The first kappa shape index (κ1) is 17.0. The third-order valence-corrected chi connectivity index (χ3v) is 3.28. The van der Waals surface area contributed by atoms with Gasteiger partial charge in [0.1, 0.15) is 17.7 Å². The summed E-state index contributed by atoms with van der Waals surface area (Å²) in [7, 11) is 0. The van der Waals surface area contributed by atoms with Crippen molar-refractivity contribution < 1.29 is 19.0 Å². The molecule has 122 valence electrons. The summed E-state index contributed by atoms with van der Waals surface area (Å²) < 4.78 is 18.7. The molecule has 2 unspecified atom stereocenters. The molecule has 2 rings (SSSR count). The highest BCUT2D eigenvalue weighted by molar-refractivity contribution is 5.76. The van der Waals surface area contributed by atoms with E-state index in [1.807, 2.05) is 37.3 Å². The van der Waals surface area contributed by atoms with Crippen molar-refractivity contribution >= 4 is 5.91 Å². The zero-order valence-electron chi connectivity index (χ0n) is 12.9. The summed E-state index contributed by atoms with van der Waals surface area (Å²) in [6, 6.07) is 14.9. The topological polar surface area (TPSA) is 58.6 Å². The van der Waals surface area contributed by atoms with Crippen LogP contribution in [0.2, 0.25) is 0 Å². The van der Waals surface area contributed by atoms with Gasteiger partial charge in [-0.1, -0.05) is 30.3 Å². The van der Waals surface area contributed by atoms with Crippen LogP contribution in [0.25, 0.3) is 0 Å². The molecule has 1 amide bonds. The average molecular weight is 317 g/mol. The summed E-state index contributed by atoms with van der Waals surface area (Å²) in [4.78, 5) is 11.8. The van der Waals surface area contributed by atoms with Gasteiger partial charge in [0.2, 0.25) is 5.91 Å². The van der Waals surface area contributed by atoms with Crippen LogP contribution in [0.5, 0.6) is 5.75 Å². The zero-order chi connectivity index (χ0) is 16.7. The van der Waals surface area contributed by atoms with E-state index >= 15 is 0 Å². The summed E-state index contributed by atoms with van der Waals surface area (Å²) in [6.45, 7) is 2.17. The van der Waals surface area contributed by atoms with Gasteiger partial charge in [0, 0.05) is 0 Å². The number of carbonyl (C=O) groups excluding carboxylic acids is 1. The molecule has 2 atom stereocenters. The fraction of sp³-hybridized carbons (Fsp3) is 0.278. The summed E-state index contributed by atoms with van der Waals surface area (Å²) in [6.07, 6.45) is -1.36. The second-order valence-corrected chi connectivity index (χ2v) is 5.32. The maximum Gasteiger partial charge on any atom is 0.223 e. The molecule has 0 aliphatic heterocycles. The minimum absolute atomic E-state index is 0.124. The van der Waals surface area contributed by atoms with Crippen molar-refractivity contribution in [3.63, 3.8) is 0 Å². The molecule has 0 saturated heterocycles. The number of amides is 1. The highest BCUT2D eigenvalue weighted by Gasteiger charge is 2.14. The van der Waals surface area contributed by atoms with Crippen LogP contribution in [0.4, 0.5) is 4.39 Å². The molecule has 0 spiro atoms. The summed E-state index contributed by atoms with van der Waals surface area (Å²) in [5.41, 5.74) is 0.383. The van der Waals surface area contributed by atoms with Gasteiger partial charge in [0.05, 0.1) is 19.1 Å². The van der Waals surface area contributed by atoms with Crippen LogP contribution in [0.3, 0.4) is 0 Å². The van der Waals surface area contributed by atoms with Crippen molar-refractivity contribution in [2.75, 3.05) is 6.54 Å². The largest absolute Gasteiger partial charge is 0.489 e. The molecule has 5 heteroatoms. The van der Waals surface area contributed by atoms with Crippen molar-refractivity contribution in [3.05, 3.63) is 66.0 Å². The van der Waals surface area contributed by atoms with E-state index in [4.69, 9.17) is 4.74 Å². The molecular formula is C18H20FNO3. The third kappa shape index (κ3) is 5.71. The first-order valence-electron chi connectivity index (χ1n) is 7.46. The molecule has 23 heavy (non-hydrogen) atoms. The lowest BCUT2D eigenvalue weighted by Gasteiger charge is -2.16. The van der Waals surface area contributed by atoms with E-state index in [1.54, 1.807) is 6.07 Å². The van der Waals surface area contributed by atoms with Gasteiger partial charge in [-0.3, -0.25) is 4.79 Å². The number of hydrogen-bond donors (Lipinski definition) is 2. The van der Waals surface area contributed by atoms with Gasteiger partial charge >= 0.3 is 0 Å². The van der Waals surface area contributed by atoms with Crippen LogP contribution in [0.15, 0.2) is 54.6 Å². The third-order valence-electron chi connectivity index (χ3n) is 3.28. The Labute approximate surface area is 134 Å². The summed E-state index contributed by atoms with van der Waals surface area (Å²) in [5.74, 6) is -0.0221. The second-order valence-electron chi connectivity index (χ2n) is 5.32. The lowest BCUT2D eigenvalue weighted by molar-refractivity contribution is -0.123. The van der Waals surface area contributed by atoms with Crippen LogP contribution < -0.4 is 10.1 Å². The number of aliphatic hydroxyl groups excluding tert-OH is 1. The molecule has 4 nitrogen and oxygen atoms in total. The first-order chi connectivity index (χ1) is 11.0. The van der Waals surface area contributed by atoms with E-state index < -0.39 is 11.9 Å². The van der Waals surface area contributed by atoms with Crippen LogP contribution in [0.1, 0.15) is 25.0 Å². The van der Waals surface area contributed by atoms with Gasteiger partial charge in [-0.15, -0.1) is 0 Å². The molecule has 0 heterocycles. The fourth-order valence-electron chi connectivity index (χ4n) is 2.11.